The van der Waals surface area contributed by atoms with Gasteiger partial charge in [-0.2, -0.15) is 0 Å². The van der Waals surface area contributed by atoms with Crippen LogP contribution in [0.3, 0.4) is 0 Å². The highest BCUT2D eigenvalue weighted by Gasteiger charge is 2.25. The molecule has 0 bridgehead atoms. The van der Waals surface area contributed by atoms with Gasteiger partial charge < -0.3 is 10.1 Å². The number of hydrogen-bond acceptors (Lipinski definition) is 3. The third kappa shape index (κ3) is 4.40. The second kappa shape index (κ2) is 6.78. The number of methoxy groups -OCH3 is 1. The molecule has 0 fully saturated rings. The van der Waals surface area contributed by atoms with E-state index in [-0.39, 0.29) is 5.92 Å². The van der Waals surface area contributed by atoms with Gasteiger partial charge in [-0.15, -0.1) is 0 Å². The van der Waals surface area contributed by atoms with Gasteiger partial charge in [0.15, 0.2) is 0 Å². The maximum atomic E-state index is 12.0. The van der Waals surface area contributed by atoms with Gasteiger partial charge >= 0.3 is 5.97 Å². The molecular formula is C13H15Cl2NO3. The van der Waals surface area contributed by atoms with E-state index in [2.05, 4.69) is 10.1 Å². The second-order valence-electron chi connectivity index (χ2n) is 4.38. The molecule has 0 radical (unpaired) electrons. The molecule has 0 aromatic heterocycles. The van der Waals surface area contributed by atoms with Crippen molar-refractivity contribution in [1.29, 1.82) is 0 Å². The Morgan fingerprint density at radius 3 is 2.11 bits per heavy atom. The molecule has 19 heavy (non-hydrogen) atoms. The number of benzene rings is 1. The number of amides is 1. The molecule has 0 unspecified atom stereocenters. The Bertz CT molecular complexity index is 469. The molecule has 0 saturated heterocycles. The van der Waals surface area contributed by atoms with Crippen molar-refractivity contribution in [2.75, 3.05) is 7.11 Å². The summed E-state index contributed by atoms with van der Waals surface area (Å²) in [5, 5.41) is 3.32. The van der Waals surface area contributed by atoms with E-state index in [0.717, 1.165) is 0 Å². The predicted octanol–water partition coefficient (Wildman–Crippen LogP) is 2.92. The summed E-state index contributed by atoms with van der Waals surface area (Å²) < 4.78 is 4.65. The van der Waals surface area contributed by atoms with Crippen LogP contribution in [0.2, 0.25) is 10.0 Å². The van der Waals surface area contributed by atoms with Crippen LogP contribution in [0.15, 0.2) is 18.2 Å². The zero-order chi connectivity index (χ0) is 14.6. The van der Waals surface area contributed by atoms with E-state index in [1.165, 1.54) is 25.3 Å². The molecule has 104 valence electrons. The fourth-order valence-corrected chi connectivity index (χ4v) is 2.06. The van der Waals surface area contributed by atoms with E-state index < -0.39 is 17.9 Å². The van der Waals surface area contributed by atoms with Crippen LogP contribution in [0.1, 0.15) is 24.2 Å². The number of carbonyl (C=O) groups is 2. The highest BCUT2D eigenvalue weighted by molar-refractivity contribution is 6.35. The molecule has 1 aromatic rings. The molecule has 4 nitrogen and oxygen atoms in total. The van der Waals surface area contributed by atoms with Crippen molar-refractivity contribution in [2.45, 2.75) is 19.9 Å². The first-order valence-electron chi connectivity index (χ1n) is 5.70. The van der Waals surface area contributed by atoms with Crippen molar-refractivity contribution < 1.29 is 14.3 Å². The minimum Gasteiger partial charge on any atom is -0.467 e. The molecule has 0 aliphatic rings. The van der Waals surface area contributed by atoms with E-state index in [1.807, 2.05) is 13.8 Å². The molecule has 1 rings (SSSR count). The first kappa shape index (κ1) is 15.8. The summed E-state index contributed by atoms with van der Waals surface area (Å²) in [6.45, 7) is 3.62. The normalized spacial score (nSPS) is 12.1. The molecule has 0 heterocycles. The first-order valence-corrected chi connectivity index (χ1v) is 6.45. The van der Waals surface area contributed by atoms with Crippen LogP contribution >= 0.6 is 23.2 Å². The Labute approximate surface area is 122 Å². The number of rotatable bonds is 4. The Hall–Kier alpha value is -1.26. The lowest BCUT2D eigenvalue weighted by Gasteiger charge is -2.19. The minimum absolute atomic E-state index is 0.0916. The van der Waals surface area contributed by atoms with Gasteiger partial charge in [0.1, 0.15) is 6.04 Å². The summed E-state index contributed by atoms with van der Waals surface area (Å²) in [6.07, 6.45) is 0. The van der Waals surface area contributed by atoms with Crippen molar-refractivity contribution in [1.82, 2.24) is 5.32 Å². The number of halogens is 2. The molecule has 1 amide bonds. The van der Waals surface area contributed by atoms with Gasteiger partial charge in [-0.05, 0) is 24.1 Å². The summed E-state index contributed by atoms with van der Waals surface area (Å²) in [5.41, 5.74) is 0.298. The Morgan fingerprint density at radius 1 is 1.16 bits per heavy atom. The molecule has 1 N–H and O–H groups in total. The van der Waals surface area contributed by atoms with Crippen LogP contribution in [0.4, 0.5) is 0 Å². The highest BCUT2D eigenvalue weighted by Crippen LogP contribution is 2.19. The molecule has 0 spiro atoms. The van der Waals surface area contributed by atoms with Gasteiger partial charge in [0.05, 0.1) is 7.11 Å². The van der Waals surface area contributed by atoms with Crippen molar-refractivity contribution >= 4 is 35.1 Å². The van der Waals surface area contributed by atoms with Crippen molar-refractivity contribution in [3.63, 3.8) is 0 Å². The summed E-state index contributed by atoms with van der Waals surface area (Å²) in [4.78, 5) is 23.6. The third-order valence-electron chi connectivity index (χ3n) is 2.53. The zero-order valence-electron chi connectivity index (χ0n) is 10.9. The van der Waals surface area contributed by atoms with Crippen molar-refractivity contribution in [3.8, 4) is 0 Å². The third-order valence-corrected chi connectivity index (χ3v) is 2.97. The van der Waals surface area contributed by atoms with Crippen LogP contribution in [0.5, 0.6) is 0 Å². The first-order chi connectivity index (χ1) is 8.85. The molecular weight excluding hydrogens is 289 g/mol. The van der Waals surface area contributed by atoms with Crippen molar-refractivity contribution in [3.05, 3.63) is 33.8 Å². The molecule has 6 heteroatoms. The fraction of sp³-hybridized carbons (Fsp3) is 0.385. The number of nitrogens with one attached hydrogen (secondary N) is 1. The van der Waals surface area contributed by atoms with Crippen LogP contribution in [0, 0.1) is 5.92 Å². The van der Waals surface area contributed by atoms with Crippen molar-refractivity contribution in [2.24, 2.45) is 5.92 Å². The Balaban J connectivity index is 2.90. The van der Waals surface area contributed by atoms with Gasteiger partial charge in [0.2, 0.25) is 0 Å². The summed E-state index contributed by atoms with van der Waals surface area (Å²) in [7, 11) is 1.28. The smallest absolute Gasteiger partial charge is 0.328 e. The fourth-order valence-electron chi connectivity index (χ4n) is 1.53. The second-order valence-corrected chi connectivity index (χ2v) is 5.25. The highest BCUT2D eigenvalue weighted by atomic mass is 35.5. The lowest BCUT2D eigenvalue weighted by molar-refractivity contribution is -0.144. The number of carbonyl (C=O) groups excluding carboxylic acids is 2. The molecule has 1 aromatic carbocycles. The van der Waals surface area contributed by atoms with Crippen LogP contribution < -0.4 is 5.32 Å². The van der Waals surface area contributed by atoms with E-state index in [1.54, 1.807) is 0 Å². The Morgan fingerprint density at radius 2 is 1.68 bits per heavy atom. The lowest BCUT2D eigenvalue weighted by atomic mass is 10.0. The topological polar surface area (TPSA) is 55.4 Å². The minimum atomic E-state index is -0.713. The SMILES string of the molecule is COC(=O)[C@@H](NC(=O)c1cc(Cl)cc(Cl)c1)C(C)C. The van der Waals surface area contributed by atoms with E-state index in [4.69, 9.17) is 23.2 Å². The maximum Gasteiger partial charge on any atom is 0.328 e. The monoisotopic (exact) mass is 303 g/mol. The summed E-state index contributed by atoms with van der Waals surface area (Å²) in [5.74, 6) is -1.00. The lowest BCUT2D eigenvalue weighted by Crippen LogP contribution is -2.45. The number of esters is 1. The standard InChI is InChI=1S/C13H15Cl2NO3/c1-7(2)11(13(18)19-3)16-12(17)8-4-9(14)6-10(15)5-8/h4-7,11H,1-3H3,(H,16,17)/t11-/m0/s1. The van der Waals surface area contributed by atoms with Gasteiger partial charge in [-0.3, -0.25) is 4.79 Å². The number of ether oxygens (including phenoxy) is 1. The molecule has 0 aliphatic carbocycles. The molecule has 0 aliphatic heterocycles. The number of hydrogen-bond donors (Lipinski definition) is 1. The van der Waals surface area contributed by atoms with Gasteiger partial charge in [-0.1, -0.05) is 37.0 Å². The summed E-state index contributed by atoms with van der Waals surface area (Å²) in [6, 6.07) is 3.78. The summed E-state index contributed by atoms with van der Waals surface area (Å²) >= 11 is 11.7. The van der Waals surface area contributed by atoms with Crippen LogP contribution in [-0.2, 0) is 9.53 Å². The van der Waals surface area contributed by atoms with E-state index >= 15 is 0 Å². The molecule has 0 saturated carbocycles. The van der Waals surface area contributed by atoms with Crippen LogP contribution in [-0.4, -0.2) is 25.0 Å². The zero-order valence-corrected chi connectivity index (χ0v) is 12.4. The average Bonchev–Trinajstić information content (AvgIpc) is 2.33. The predicted molar refractivity (Wildman–Crippen MR) is 74.6 cm³/mol. The van der Waals surface area contributed by atoms with Gasteiger partial charge in [-0.25, -0.2) is 4.79 Å². The van der Waals surface area contributed by atoms with Gasteiger partial charge in [0.25, 0.3) is 5.91 Å². The average molecular weight is 304 g/mol. The largest absolute Gasteiger partial charge is 0.467 e. The molecule has 1 atom stereocenters. The van der Waals surface area contributed by atoms with Crippen LogP contribution in [0.25, 0.3) is 0 Å². The van der Waals surface area contributed by atoms with Gasteiger partial charge in [0, 0.05) is 15.6 Å². The quantitative estimate of drug-likeness (QED) is 0.870. The Kier molecular flexibility index (Phi) is 5.63. The van der Waals surface area contributed by atoms with E-state index in [0.29, 0.717) is 15.6 Å². The van der Waals surface area contributed by atoms with E-state index in [9.17, 15) is 9.59 Å². The maximum absolute atomic E-state index is 12.0.